The van der Waals surface area contributed by atoms with E-state index in [2.05, 4.69) is 174 Å². The van der Waals surface area contributed by atoms with Gasteiger partial charge >= 0.3 is 0 Å². The van der Waals surface area contributed by atoms with Gasteiger partial charge in [-0.15, -0.1) is 0 Å². The van der Waals surface area contributed by atoms with E-state index in [9.17, 15) is 0 Å². The van der Waals surface area contributed by atoms with Crippen molar-refractivity contribution in [3.63, 3.8) is 0 Å². The monoisotopic (exact) mass is 1400 g/mol. The van der Waals surface area contributed by atoms with Crippen LogP contribution in [0.3, 0.4) is 0 Å². The summed E-state index contributed by atoms with van der Waals surface area (Å²) in [6.45, 7) is 35.4. The van der Waals surface area contributed by atoms with Crippen LogP contribution >= 0.6 is 15.9 Å². The second-order valence-corrected chi connectivity index (χ2v) is 31.1. The van der Waals surface area contributed by atoms with E-state index < -0.39 is 39.2 Å². The van der Waals surface area contributed by atoms with Gasteiger partial charge in [0, 0.05) is 4.32 Å². The van der Waals surface area contributed by atoms with Crippen molar-refractivity contribution in [2.45, 2.75) is 206 Å². The highest BCUT2D eigenvalue weighted by atomic mass is 79.9. The Morgan fingerprint density at radius 2 is 0.371 bits per heavy atom. The molecule has 0 bridgehead atoms. The molecule has 528 valence electrons. The van der Waals surface area contributed by atoms with E-state index in [4.69, 9.17) is 73.7 Å². The van der Waals surface area contributed by atoms with Crippen molar-refractivity contribution >= 4 is 59.0 Å². The van der Waals surface area contributed by atoms with Crippen LogP contribution in [-0.2, 0) is 117 Å². The summed E-state index contributed by atoms with van der Waals surface area (Å²) in [7, 11) is 0. The van der Waals surface area contributed by atoms with E-state index >= 15 is 0 Å². The molecule has 0 fully saturated rings. The van der Waals surface area contributed by atoms with Crippen molar-refractivity contribution in [2.75, 3.05) is 52.9 Å². The van der Waals surface area contributed by atoms with Gasteiger partial charge < -0.3 is 0 Å². The Morgan fingerprint density at radius 1 is 0.227 bits per heavy atom. The first-order valence-electron chi connectivity index (χ1n) is 34.2. The summed E-state index contributed by atoms with van der Waals surface area (Å²) in [6.07, 6.45) is 5.78. The van der Waals surface area contributed by atoms with E-state index in [1.807, 2.05) is 103 Å². The fourth-order valence-electron chi connectivity index (χ4n) is 10.9. The number of halogens is 1. The molecule has 0 saturated heterocycles. The molecule has 8 aromatic rings. The van der Waals surface area contributed by atoms with Gasteiger partial charge in [0.15, 0.2) is 0 Å². The molecule has 0 unspecified atom stereocenters. The molecule has 0 amide bonds. The maximum atomic E-state index is 8.50. The second-order valence-electron chi connectivity index (χ2n) is 29.2. The van der Waals surface area contributed by atoms with Gasteiger partial charge in [-0.3, -0.25) is 5.26 Å². The third kappa shape index (κ3) is 22.3. The number of alkyl halides is 1. The molecule has 17 heteroatoms. The van der Waals surface area contributed by atoms with Gasteiger partial charge in [0.1, 0.15) is 39.2 Å². The molecule has 8 aromatic carbocycles. The first-order chi connectivity index (χ1) is 45.9. The molecule has 0 aliphatic rings. The molecule has 0 aliphatic carbocycles. The van der Waals surface area contributed by atoms with Crippen molar-refractivity contribution in [3.05, 3.63) is 190 Å². The van der Waals surface area contributed by atoms with Crippen molar-refractivity contribution in [1.82, 2.24) is 0 Å². The molecule has 0 atom stereocenters. The summed E-state index contributed by atoms with van der Waals surface area (Å²) in [4.78, 5) is 85.5. The average molecular weight is 1400 g/mol. The molecular weight excluding hydrogens is 1300 g/mol. The SMILES string of the molecule is CC(C)(Br)c1ccc2cc(C(C)(C)OOCCCCOOC(C)(C)c3ccc4cc(C(C)(C)OOCCCCOOC(C)(C)c5ccc6cc(C(C)(C)OOCCCCOOC(C)(C)c7ccc8cc(C(C)(C)OOCCCCOO)ccc8c7)ccc6c5)ccc4c3)ccc2c1. The Kier molecular flexibility index (Phi) is 27.4. The molecule has 0 radical (unpaired) electrons. The fraction of sp³-hybridized carbons (Fsp3) is 0.500. The van der Waals surface area contributed by atoms with Gasteiger partial charge in [0.25, 0.3) is 0 Å². The van der Waals surface area contributed by atoms with Crippen LogP contribution in [0.1, 0.15) is 207 Å². The Morgan fingerprint density at radius 3 is 0.526 bits per heavy atom. The van der Waals surface area contributed by atoms with Crippen LogP contribution in [0.15, 0.2) is 146 Å². The maximum absolute atomic E-state index is 8.50. The first-order valence-corrected chi connectivity index (χ1v) is 35.0. The normalized spacial score (nSPS) is 13.3. The maximum Gasteiger partial charge on any atom is 0.123 e. The summed E-state index contributed by atoms with van der Waals surface area (Å²) in [5, 5.41) is 17.3. The number of unbranched alkanes of at least 4 members (excludes halogenated alkanes) is 4. The van der Waals surface area contributed by atoms with E-state index in [1.54, 1.807) is 0 Å². The third-order valence-electron chi connectivity index (χ3n) is 17.6. The molecule has 0 spiro atoms. The van der Waals surface area contributed by atoms with Gasteiger partial charge in [-0.25, -0.2) is 73.3 Å². The molecule has 8 rings (SSSR count). The third-order valence-corrected chi connectivity index (χ3v) is 18.1. The predicted molar refractivity (Wildman–Crippen MR) is 384 cm³/mol. The minimum absolute atomic E-state index is 0.0880. The number of hydrogen-bond acceptors (Lipinski definition) is 16. The second kappa shape index (κ2) is 34.3. The van der Waals surface area contributed by atoms with Crippen molar-refractivity contribution in [2.24, 2.45) is 0 Å². The molecule has 97 heavy (non-hydrogen) atoms. The first kappa shape index (κ1) is 77.4. The summed E-state index contributed by atoms with van der Waals surface area (Å²) >= 11 is 3.77. The topological polar surface area (TPSA) is 159 Å². The predicted octanol–water partition coefficient (Wildman–Crippen LogP) is 20.9. The zero-order valence-corrected chi connectivity index (χ0v) is 61.7. The summed E-state index contributed by atoms with van der Waals surface area (Å²) < 4.78 is -0.0880. The van der Waals surface area contributed by atoms with E-state index in [1.165, 1.54) is 10.9 Å². The lowest BCUT2D eigenvalue weighted by Gasteiger charge is -2.26. The molecular formula is C80H105BrO16. The highest BCUT2D eigenvalue weighted by Crippen LogP contribution is 2.38. The van der Waals surface area contributed by atoms with Crippen molar-refractivity contribution < 1.29 is 78.6 Å². The molecule has 1 N–H and O–H groups in total. The fourth-order valence-corrected chi connectivity index (χ4v) is 11.2. The summed E-state index contributed by atoms with van der Waals surface area (Å²) in [5.41, 5.74) is 3.54. The largest absolute Gasteiger partial charge is 0.252 e. The van der Waals surface area contributed by atoms with Crippen LogP contribution in [0.2, 0.25) is 0 Å². The quantitative estimate of drug-likeness (QED) is 0.0166. The van der Waals surface area contributed by atoms with Crippen molar-refractivity contribution in [3.8, 4) is 0 Å². The Bertz CT molecular complexity index is 3790. The lowest BCUT2D eigenvalue weighted by Crippen LogP contribution is -2.23. The summed E-state index contributed by atoms with van der Waals surface area (Å²) in [6, 6.07) is 50.7. The Hall–Kier alpha value is -5.36. The van der Waals surface area contributed by atoms with Gasteiger partial charge in [-0.05, 0) is 298 Å². The lowest BCUT2D eigenvalue weighted by molar-refractivity contribution is -0.365. The smallest absolute Gasteiger partial charge is 0.123 e. The number of hydrogen-bond donors (Lipinski definition) is 1. The van der Waals surface area contributed by atoms with Crippen LogP contribution in [-0.4, -0.2) is 58.1 Å². The van der Waals surface area contributed by atoms with Crippen molar-refractivity contribution in [1.29, 1.82) is 0 Å². The van der Waals surface area contributed by atoms with Crippen LogP contribution in [0.4, 0.5) is 0 Å². The van der Waals surface area contributed by atoms with Crippen LogP contribution in [0.5, 0.6) is 0 Å². The lowest BCUT2D eigenvalue weighted by atomic mass is 9.92. The average Bonchev–Trinajstić information content (AvgIpc) is 0.813. The molecule has 16 nitrogen and oxygen atoms in total. The van der Waals surface area contributed by atoms with Crippen LogP contribution in [0.25, 0.3) is 43.1 Å². The highest BCUT2D eigenvalue weighted by Gasteiger charge is 2.31. The molecule has 0 heterocycles. The van der Waals surface area contributed by atoms with Gasteiger partial charge in [0.05, 0.1) is 52.9 Å². The number of benzene rings is 8. The number of rotatable bonds is 42. The minimum Gasteiger partial charge on any atom is -0.252 e. The molecule has 0 aliphatic heterocycles. The highest BCUT2D eigenvalue weighted by molar-refractivity contribution is 9.09. The zero-order valence-electron chi connectivity index (χ0n) is 60.1. The van der Waals surface area contributed by atoms with Gasteiger partial charge in [0.2, 0.25) is 0 Å². The minimum atomic E-state index is -0.697. The van der Waals surface area contributed by atoms with Crippen LogP contribution < -0.4 is 0 Å². The van der Waals surface area contributed by atoms with E-state index in [0.29, 0.717) is 59.1 Å². The number of fused-ring (bicyclic) bond motifs is 4. The Labute approximate surface area is 583 Å². The molecule has 0 saturated carbocycles. The summed E-state index contributed by atoms with van der Waals surface area (Å²) in [5.74, 6) is 0. The van der Waals surface area contributed by atoms with E-state index in [-0.39, 0.29) is 10.9 Å². The van der Waals surface area contributed by atoms with Gasteiger partial charge in [-0.1, -0.05) is 113 Å². The standard InChI is InChI=1S/C80H105BrO16/c1-73(2,81)65-33-25-58-50-66(34-26-57(58)49-65)74(3,4)92-85-43-19-20-44-86-94-77(9,10)69-37-29-62-54-70(38-30-61(62)53-69)78(11,12)96-89-47-23-24-48-90-97-80(15,16)72-40-32-63-55-71(39-31-64(63)56-72)79(13,14)95-88-46-22-21-45-87-93-76(7,8)68-36-28-59-51-67(35-27-60(59)52-68)75(5,6)91-84-42-18-17-41-83-82/h25-40,49-56,82H,17-24,41-48H2,1-16H3. The zero-order chi connectivity index (χ0) is 70.1. The Balaban J connectivity index is 0.669. The molecule has 0 aromatic heterocycles. The van der Waals surface area contributed by atoms with E-state index in [0.717, 1.165) is 115 Å². The van der Waals surface area contributed by atoms with Gasteiger partial charge in [-0.2, -0.15) is 0 Å². The van der Waals surface area contributed by atoms with Crippen LogP contribution in [0, 0.1) is 0 Å².